The first-order valence-corrected chi connectivity index (χ1v) is 4.98. The lowest BCUT2D eigenvalue weighted by atomic mass is 10.5. The van der Waals surface area contributed by atoms with E-state index in [1.54, 1.807) is 0 Å². The highest BCUT2D eigenvalue weighted by Gasteiger charge is 2.16. The molecule has 12 heavy (non-hydrogen) atoms. The molecule has 0 atom stereocenters. The average Bonchev–Trinajstić information content (AvgIpc) is 1.83. The Kier molecular flexibility index (Phi) is 2.29. The maximum atomic E-state index is 12.6. The minimum Gasteiger partial charge on any atom is -0.227 e. The Balaban J connectivity index is 3.39. The first kappa shape index (κ1) is 9.34. The highest BCUT2D eigenvalue weighted by Crippen LogP contribution is 2.17. The molecule has 0 bridgehead atoms. The van der Waals surface area contributed by atoms with E-state index >= 15 is 0 Å². The number of aromatic nitrogens is 1. The van der Waals surface area contributed by atoms with Crippen molar-refractivity contribution >= 4 is 19.7 Å². The van der Waals surface area contributed by atoms with Gasteiger partial charge in [-0.15, -0.1) is 0 Å². The smallest absolute Gasteiger partial charge is 0.227 e. The van der Waals surface area contributed by atoms with Gasteiger partial charge in [-0.3, -0.25) is 0 Å². The molecule has 0 amide bonds. The molecule has 0 radical (unpaired) electrons. The Morgan fingerprint density at radius 2 is 2.00 bits per heavy atom. The summed E-state index contributed by atoms with van der Waals surface area (Å²) in [6.45, 7) is 0. The summed E-state index contributed by atoms with van der Waals surface area (Å²) in [5, 5.41) is 0. The van der Waals surface area contributed by atoms with Gasteiger partial charge in [0, 0.05) is 16.7 Å². The topological polar surface area (TPSA) is 47.0 Å². The van der Waals surface area contributed by atoms with E-state index in [-0.39, 0.29) is 0 Å². The van der Waals surface area contributed by atoms with Crippen molar-refractivity contribution < 1.29 is 17.2 Å². The fraction of sp³-hybridized carbons (Fsp3) is 0. The molecule has 0 unspecified atom stereocenters. The molecule has 0 N–H and O–H groups in total. The molecule has 0 aliphatic carbocycles. The van der Waals surface area contributed by atoms with E-state index in [2.05, 4.69) is 4.98 Å². The lowest BCUT2D eigenvalue weighted by molar-refractivity contribution is 0.529. The summed E-state index contributed by atoms with van der Waals surface area (Å²) >= 11 is 0. The van der Waals surface area contributed by atoms with Crippen LogP contribution in [0.1, 0.15) is 0 Å². The molecule has 7 heteroatoms. The van der Waals surface area contributed by atoms with Crippen molar-refractivity contribution in [3.63, 3.8) is 0 Å². The second-order valence-corrected chi connectivity index (χ2v) is 4.41. The molecule has 1 aromatic rings. The van der Waals surface area contributed by atoms with Gasteiger partial charge in [0.25, 0.3) is 9.05 Å². The zero-order chi connectivity index (χ0) is 9.35. The summed E-state index contributed by atoms with van der Waals surface area (Å²) in [5.74, 6) is -2.35. The van der Waals surface area contributed by atoms with E-state index in [9.17, 15) is 17.2 Å². The molecule has 0 spiro atoms. The normalized spacial score (nSPS) is 11.6. The predicted molar refractivity (Wildman–Crippen MR) is 37.2 cm³/mol. The van der Waals surface area contributed by atoms with Crippen LogP contribution in [0.4, 0.5) is 8.78 Å². The van der Waals surface area contributed by atoms with Gasteiger partial charge in [0.1, 0.15) is 10.7 Å². The van der Waals surface area contributed by atoms with Gasteiger partial charge in [0.05, 0.1) is 6.20 Å². The lowest BCUT2D eigenvalue weighted by Gasteiger charge is -1.96. The van der Waals surface area contributed by atoms with E-state index in [1.165, 1.54) is 0 Å². The number of hydrogen-bond donors (Lipinski definition) is 0. The second kappa shape index (κ2) is 2.95. The van der Waals surface area contributed by atoms with Crippen LogP contribution in [0.15, 0.2) is 17.2 Å². The first-order chi connectivity index (χ1) is 5.41. The minimum absolute atomic E-state index is 0.343. The molecule has 0 saturated carbocycles. The molecule has 0 aromatic carbocycles. The van der Waals surface area contributed by atoms with Gasteiger partial charge in [-0.1, -0.05) is 0 Å². The average molecular weight is 214 g/mol. The molecule has 0 aliphatic rings. The van der Waals surface area contributed by atoms with Crippen molar-refractivity contribution in [2.75, 3.05) is 0 Å². The third-order valence-corrected chi connectivity index (χ3v) is 2.37. The van der Waals surface area contributed by atoms with Crippen molar-refractivity contribution in [1.29, 1.82) is 0 Å². The summed E-state index contributed by atoms with van der Waals surface area (Å²) < 4.78 is 45.8. The number of pyridine rings is 1. The van der Waals surface area contributed by atoms with Crippen molar-refractivity contribution in [2.24, 2.45) is 0 Å². The predicted octanol–water partition coefficient (Wildman–Crippen LogP) is 1.29. The zero-order valence-electron chi connectivity index (χ0n) is 5.46. The molecular weight excluding hydrogens is 212 g/mol. The van der Waals surface area contributed by atoms with Gasteiger partial charge in [-0.05, 0) is 0 Å². The van der Waals surface area contributed by atoms with E-state index < -0.39 is 25.7 Å². The fourth-order valence-electron chi connectivity index (χ4n) is 0.574. The molecule has 0 fully saturated rings. The van der Waals surface area contributed by atoms with Crippen LogP contribution in [0.3, 0.4) is 0 Å². The van der Waals surface area contributed by atoms with Crippen LogP contribution in [-0.2, 0) is 9.05 Å². The Morgan fingerprint density at radius 3 is 2.42 bits per heavy atom. The quantitative estimate of drug-likeness (QED) is 0.522. The van der Waals surface area contributed by atoms with Crippen LogP contribution in [0.5, 0.6) is 0 Å². The third kappa shape index (κ3) is 1.89. The molecule has 0 saturated heterocycles. The summed E-state index contributed by atoms with van der Waals surface area (Å²) in [6, 6.07) is 0.343. The SMILES string of the molecule is O=S(=O)(Cl)c1cnc(F)cc1F. The van der Waals surface area contributed by atoms with Crippen molar-refractivity contribution in [2.45, 2.75) is 4.90 Å². The highest BCUT2D eigenvalue weighted by atomic mass is 35.7. The summed E-state index contributed by atoms with van der Waals surface area (Å²) in [7, 11) is 0.604. The maximum Gasteiger partial charge on any atom is 0.265 e. The fourth-order valence-corrected chi connectivity index (χ4v) is 1.39. The van der Waals surface area contributed by atoms with Crippen molar-refractivity contribution in [3.05, 3.63) is 24.0 Å². The van der Waals surface area contributed by atoms with Gasteiger partial charge in [-0.2, -0.15) is 4.39 Å². The summed E-state index contributed by atoms with van der Waals surface area (Å²) in [6.07, 6.45) is 0.521. The largest absolute Gasteiger partial charge is 0.265 e. The number of hydrogen-bond acceptors (Lipinski definition) is 3. The summed E-state index contributed by atoms with van der Waals surface area (Å²) in [5.41, 5.74) is 0. The molecule has 3 nitrogen and oxygen atoms in total. The zero-order valence-corrected chi connectivity index (χ0v) is 7.03. The monoisotopic (exact) mass is 213 g/mol. The van der Waals surface area contributed by atoms with Gasteiger partial charge >= 0.3 is 0 Å². The van der Waals surface area contributed by atoms with E-state index in [0.29, 0.717) is 12.3 Å². The van der Waals surface area contributed by atoms with Crippen LogP contribution >= 0.6 is 10.7 Å². The Labute approximate surface area is 71.4 Å². The van der Waals surface area contributed by atoms with Gasteiger partial charge in [0.2, 0.25) is 5.95 Å². The minimum atomic E-state index is -4.18. The van der Waals surface area contributed by atoms with E-state index in [0.717, 1.165) is 0 Å². The lowest BCUT2D eigenvalue weighted by Crippen LogP contribution is -1.97. The maximum absolute atomic E-state index is 12.6. The van der Waals surface area contributed by atoms with E-state index in [4.69, 9.17) is 10.7 Å². The molecular formula is C5H2ClF2NO2S. The van der Waals surface area contributed by atoms with Gasteiger partial charge in [0.15, 0.2) is 0 Å². The van der Waals surface area contributed by atoms with Crippen LogP contribution in [0, 0.1) is 11.8 Å². The molecule has 1 aromatic heterocycles. The van der Waals surface area contributed by atoms with Gasteiger partial charge < -0.3 is 0 Å². The van der Waals surface area contributed by atoms with Crippen molar-refractivity contribution in [3.8, 4) is 0 Å². The standard InChI is InChI=1S/C5H2ClF2NO2S/c6-12(10,11)4-2-9-5(8)1-3(4)7/h1-2H. The van der Waals surface area contributed by atoms with Crippen LogP contribution in [0.2, 0.25) is 0 Å². The number of rotatable bonds is 1. The van der Waals surface area contributed by atoms with Gasteiger partial charge in [-0.25, -0.2) is 17.8 Å². The van der Waals surface area contributed by atoms with Crippen molar-refractivity contribution in [1.82, 2.24) is 4.98 Å². The van der Waals surface area contributed by atoms with Crippen LogP contribution in [0.25, 0.3) is 0 Å². The third-order valence-electron chi connectivity index (χ3n) is 1.05. The Hall–Kier alpha value is -0.750. The second-order valence-electron chi connectivity index (χ2n) is 1.88. The summed E-state index contributed by atoms with van der Waals surface area (Å²) in [4.78, 5) is 2.11. The van der Waals surface area contributed by atoms with E-state index in [1.807, 2.05) is 0 Å². The highest BCUT2D eigenvalue weighted by molar-refractivity contribution is 8.13. The molecule has 66 valence electrons. The van der Waals surface area contributed by atoms with Crippen LogP contribution < -0.4 is 0 Å². The Morgan fingerprint density at radius 1 is 1.42 bits per heavy atom. The van der Waals surface area contributed by atoms with Crippen LogP contribution in [-0.4, -0.2) is 13.4 Å². The molecule has 0 aliphatic heterocycles. The Bertz CT molecular complexity index is 406. The number of halogens is 3. The molecule has 1 rings (SSSR count). The molecule has 1 heterocycles. The first-order valence-electron chi connectivity index (χ1n) is 2.67. The number of nitrogens with zero attached hydrogens (tertiary/aromatic N) is 1.